The molecule has 0 saturated heterocycles. The number of amides is 1. The number of carbonyl (C=O) groups excluding carboxylic acids is 1. The molecule has 3 rings (SSSR count). The van der Waals surface area contributed by atoms with Crippen LogP contribution in [-0.2, 0) is 4.79 Å². The van der Waals surface area contributed by atoms with Crippen LogP contribution in [0, 0.1) is 13.8 Å². The van der Waals surface area contributed by atoms with E-state index in [9.17, 15) is 4.79 Å². The van der Waals surface area contributed by atoms with Crippen molar-refractivity contribution in [2.24, 2.45) is 0 Å². The first-order valence-electron chi connectivity index (χ1n) is 7.58. The van der Waals surface area contributed by atoms with E-state index in [0.717, 1.165) is 28.1 Å². The normalized spacial score (nSPS) is 13.1. The maximum Gasteiger partial charge on any atom is 0.248 e. The third-order valence-electron chi connectivity index (χ3n) is 3.86. The molecule has 0 atom stereocenters. The third-order valence-corrected chi connectivity index (χ3v) is 3.86. The van der Waals surface area contributed by atoms with E-state index in [1.807, 2.05) is 50.2 Å². The fraction of sp³-hybridized carbons (Fsp3) is 0.211. The molecule has 4 heteroatoms. The minimum Gasteiger partial charge on any atom is -0.486 e. The number of anilines is 1. The Morgan fingerprint density at radius 1 is 1.09 bits per heavy atom. The fourth-order valence-electron chi connectivity index (χ4n) is 2.40. The first-order valence-corrected chi connectivity index (χ1v) is 7.58. The lowest BCUT2D eigenvalue weighted by atomic mass is 10.1. The van der Waals surface area contributed by atoms with Crippen LogP contribution in [0.5, 0.6) is 11.5 Å². The van der Waals surface area contributed by atoms with Gasteiger partial charge in [0.15, 0.2) is 11.5 Å². The highest BCUT2D eigenvalue weighted by Crippen LogP contribution is 2.31. The van der Waals surface area contributed by atoms with Crippen molar-refractivity contribution in [3.63, 3.8) is 0 Å². The van der Waals surface area contributed by atoms with Crippen molar-refractivity contribution >= 4 is 17.7 Å². The van der Waals surface area contributed by atoms with Gasteiger partial charge in [0.2, 0.25) is 5.91 Å². The number of benzene rings is 2. The molecule has 2 aromatic rings. The number of hydrogen-bond donors (Lipinski definition) is 1. The molecule has 4 nitrogen and oxygen atoms in total. The van der Waals surface area contributed by atoms with Crippen LogP contribution in [0.4, 0.5) is 5.69 Å². The molecule has 1 aliphatic rings. The van der Waals surface area contributed by atoms with Crippen LogP contribution in [0.15, 0.2) is 42.5 Å². The molecule has 0 radical (unpaired) electrons. The van der Waals surface area contributed by atoms with E-state index in [1.54, 1.807) is 6.08 Å². The predicted octanol–water partition coefficient (Wildman–Crippen LogP) is 3.73. The molecule has 0 unspecified atom stereocenters. The Bertz CT molecular complexity index is 765. The zero-order valence-corrected chi connectivity index (χ0v) is 13.3. The molecule has 0 fully saturated rings. The van der Waals surface area contributed by atoms with Crippen molar-refractivity contribution in [1.82, 2.24) is 0 Å². The van der Waals surface area contributed by atoms with Crippen molar-refractivity contribution < 1.29 is 14.3 Å². The van der Waals surface area contributed by atoms with Crippen molar-refractivity contribution in [2.75, 3.05) is 18.5 Å². The fourth-order valence-corrected chi connectivity index (χ4v) is 2.40. The Hall–Kier alpha value is -2.75. The molecule has 2 aromatic carbocycles. The van der Waals surface area contributed by atoms with Crippen LogP contribution < -0.4 is 14.8 Å². The van der Waals surface area contributed by atoms with E-state index in [4.69, 9.17) is 9.47 Å². The van der Waals surface area contributed by atoms with Gasteiger partial charge in [0.25, 0.3) is 0 Å². The van der Waals surface area contributed by atoms with Crippen LogP contribution >= 0.6 is 0 Å². The first-order chi connectivity index (χ1) is 11.1. The minimum absolute atomic E-state index is 0.159. The van der Waals surface area contributed by atoms with Crippen LogP contribution in [-0.4, -0.2) is 19.1 Å². The summed E-state index contributed by atoms with van der Waals surface area (Å²) in [5, 5.41) is 2.90. The number of carbonyl (C=O) groups is 1. The summed E-state index contributed by atoms with van der Waals surface area (Å²) >= 11 is 0. The number of fused-ring (bicyclic) bond motifs is 1. The molecule has 0 aliphatic carbocycles. The summed E-state index contributed by atoms with van der Waals surface area (Å²) in [4.78, 5) is 12.1. The summed E-state index contributed by atoms with van der Waals surface area (Å²) in [5.74, 6) is 1.30. The average molecular weight is 309 g/mol. The van der Waals surface area contributed by atoms with Gasteiger partial charge in [-0.1, -0.05) is 18.2 Å². The highest BCUT2D eigenvalue weighted by molar-refractivity contribution is 6.02. The van der Waals surface area contributed by atoms with Crippen LogP contribution in [0.1, 0.15) is 16.7 Å². The van der Waals surface area contributed by atoms with Crippen molar-refractivity contribution in [3.05, 3.63) is 59.2 Å². The second-order valence-corrected chi connectivity index (χ2v) is 5.47. The molecule has 0 aromatic heterocycles. The van der Waals surface area contributed by atoms with E-state index >= 15 is 0 Å². The summed E-state index contributed by atoms with van der Waals surface area (Å²) in [6.45, 7) is 5.14. The van der Waals surface area contributed by atoms with Gasteiger partial charge in [-0.3, -0.25) is 4.79 Å². The zero-order chi connectivity index (χ0) is 16.2. The van der Waals surface area contributed by atoms with Crippen molar-refractivity contribution in [1.29, 1.82) is 0 Å². The van der Waals surface area contributed by atoms with Gasteiger partial charge in [-0.15, -0.1) is 0 Å². The molecule has 0 saturated carbocycles. The van der Waals surface area contributed by atoms with Gasteiger partial charge in [0.05, 0.1) is 0 Å². The smallest absolute Gasteiger partial charge is 0.248 e. The summed E-state index contributed by atoms with van der Waals surface area (Å²) < 4.78 is 11.0. The second-order valence-electron chi connectivity index (χ2n) is 5.47. The second kappa shape index (κ2) is 6.57. The van der Waals surface area contributed by atoms with Crippen LogP contribution in [0.25, 0.3) is 6.08 Å². The van der Waals surface area contributed by atoms with E-state index < -0.39 is 0 Å². The van der Waals surface area contributed by atoms with E-state index in [0.29, 0.717) is 19.0 Å². The minimum atomic E-state index is -0.159. The van der Waals surface area contributed by atoms with Gasteiger partial charge in [-0.05, 0) is 54.8 Å². The predicted molar refractivity (Wildman–Crippen MR) is 91.0 cm³/mol. The largest absolute Gasteiger partial charge is 0.486 e. The lowest BCUT2D eigenvalue weighted by Gasteiger charge is -2.18. The first kappa shape index (κ1) is 15.2. The molecule has 0 spiro atoms. The highest BCUT2D eigenvalue weighted by Gasteiger charge is 2.11. The number of rotatable bonds is 3. The molecule has 0 bridgehead atoms. The van der Waals surface area contributed by atoms with Crippen LogP contribution in [0.3, 0.4) is 0 Å². The molecular weight excluding hydrogens is 290 g/mol. The quantitative estimate of drug-likeness (QED) is 0.879. The maximum absolute atomic E-state index is 12.1. The Labute approximate surface area is 135 Å². The molecular formula is C19H19NO3. The van der Waals surface area contributed by atoms with Gasteiger partial charge >= 0.3 is 0 Å². The number of aryl methyl sites for hydroxylation is 1. The number of ether oxygens (including phenoxy) is 2. The van der Waals surface area contributed by atoms with Gasteiger partial charge in [0, 0.05) is 11.8 Å². The Balaban J connectivity index is 1.70. The Morgan fingerprint density at radius 3 is 2.70 bits per heavy atom. The van der Waals surface area contributed by atoms with Gasteiger partial charge in [-0.25, -0.2) is 0 Å². The molecule has 23 heavy (non-hydrogen) atoms. The van der Waals surface area contributed by atoms with Gasteiger partial charge in [0.1, 0.15) is 13.2 Å². The Kier molecular flexibility index (Phi) is 4.33. The molecule has 1 heterocycles. The van der Waals surface area contributed by atoms with Crippen molar-refractivity contribution in [2.45, 2.75) is 13.8 Å². The lowest BCUT2D eigenvalue weighted by Crippen LogP contribution is -2.15. The van der Waals surface area contributed by atoms with E-state index in [2.05, 4.69) is 5.32 Å². The SMILES string of the molecule is Cc1cccc(NC(=O)/C=C/c2ccc3c(c2)OCCO3)c1C. The monoisotopic (exact) mass is 309 g/mol. The third kappa shape index (κ3) is 3.54. The topological polar surface area (TPSA) is 47.6 Å². The lowest BCUT2D eigenvalue weighted by molar-refractivity contribution is -0.111. The molecule has 1 aliphatic heterocycles. The zero-order valence-electron chi connectivity index (χ0n) is 13.3. The van der Waals surface area contributed by atoms with Gasteiger partial charge < -0.3 is 14.8 Å². The molecule has 118 valence electrons. The van der Waals surface area contributed by atoms with E-state index in [-0.39, 0.29) is 5.91 Å². The summed E-state index contributed by atoms with van der Waals surface area (Å²) in [7, 11) is 0. The Morgan fingerprint density at radius 2 is 1.87 bits per heavy atom. The summed E-state index contributed by atoms with van der Waals surface area (Å²) in [6, 6.07) is 11.5. The maximum atomic E-state index is 12.1. The average Bonchev–Trinajstić information content (AvgIpc) is 2.57. The number of nitrogens with one attached hydrogen (secondary N) is 1. The summed E-state index contributed by atoms with van der Waals surface area (Å²) in [6.07, 6.45) is 3.28. The number of hydrogen-bond acceptors (Lipinski definition) is 3. The van der Waals surface area contributed by atoms with Gasteiger partial charge in [-0.2, -0.15) is 0 Å². The van der Waals surface area contributed by atoms with Crippen molar-refractivity contribution in [3.8, 4) is 11.5 Å². The highest BCUT2D eigenvalue weighted by atomic mass is 16.6. The van der Waals surface area contributed by atoms with Crippen LogP contribution in [0.2, 0.25) is 0 Å². The molecule has 1 amide bonds. The van der Waals surface area contributed by atoms with E-state index in [1.165, 1.54) is 6.08 Å². The summed E-state index contributed by atoms with van der Waals surface area (Å²) in [5.41, 5.74) is 3.96. The standard InChI is InChI=1S/C19H19NO3/c1-13-4-3-5-16(14(13)2)20-19(21)9-7-15-6-8-17-18(12-15)23-11-10-22-17/h3-9,12H,10-11H2,1-2H3,(H,20,21)/b9-7+. The molecule has 1 N–H and O–H groups in total.